The van der Waals surface area contributed by atoms with Gasteiger partial charge in [0, 0.05) is 12.1 Å². The van der Waals surface area contributed by atoms with Gasteiger partial charge in [0.1, 0.15) is 10.7 Å². The summed E-state index contributed by atoms with van der Waals surface area (Å²) in [6, 6.07) is 4.57. The molecule has 2 aromatic heterocycles. The molecule has 0 unspecified atom stereocenters. The summed E-state index contributed by atoms with van der Waals surface area (Å²) in [5, 5.41) is 10.5. The summed E-state index contributed by atoms with van der Waals surface area (Å²) in [6.07, 6.45) is 4.33. The van der Waals surface area contributed by atoms with Gasteiger partial charge in [-0.05, 0) is 18.2 Å². The molecule has 6 nitrogen and oxygen atoms in total. The summed E-state index contributed by atoms with van der Waals surface area (Å²) in [6.45, 7) is 0. The molecule has 3 rings (SSSR count). The molecule has 0 radical (unpaired) electrons. The summed E-state index contributed by atoms with van der Waals surface area (Å²) in [5.41, 5.74) is 0.800. The minimum absolute atomic E-state index is 0.200. The fourth-order valence-electron chi connectivity index (χ4n) is 1.80. The monoisotopic (exact) mass is 303 g/mol. The highest BCUT2D eigenvalue weighted by Crippen LogP contribution is 2.19. The van der Waals surface area contributed by atoms with Gasteiger partial charge in [-0.3, -0.25) is 15.1 Å². The Morgan fingerprint density at radius 2 is 1.86 bits per heavy atom. The number of nitro groups is 1. The molecular weight excluding hydrogens is 296 g/mol. The number of furan rings is 1. The average molecular weight is 303 g/mol. The second-order valence-corrected chi connectivity index (χ2v) is 4.32. The van der Waals surface area contributed by atoms with Crippen LogP contribution in [0.25, 0.3) is 23.2 Å². The molecular formula is C14H7F2N3O3. The van der Waals surface area contributed by atoms with Gasteiger partial charge in [-0.1, -0.05) is 0 Å². The third-order valence-corrected chi connectivity index (χ3v) is 2.81. The van der Waals surface area contributed by atoms with Gasteiger partial charge in [-0.2, -0.15) is 0 Å². The van der Waals surface area contributed by atoms with Crippen LogP contribution in [0.1, 0.15) is 11.5 Å². The maximum atomic E-state index is 13.2. The largest absolute Gasteiger partial charge is 0.433 e. The van der Waals surface area contributed by atoms with Gasteiger partial charge in [-0.25, -0.2) is 13.8 Å². The first-order chi connectivity index (χ1) is 10.5. The highest BCUT2D eigenvalue weighted by atomic mass is 19.2. The van der Waals surface area contributed by atoms with E-state index in [1.54, 1.807) is 0 Å². The van der Waals surface area contributed by atoms with Gasteiger partial charge in [0.2, 0.25) is 0 Å². The van der Waals surface area contributed by atoms with Gasteiger partial charge >= 0.3 is 5.88 Å². The minimum atomic E-state index is -1.01. The first-order valence-electron chi connectivity index (χ1n) is 6.07. The minimum Gasteiger partial charge on any atom is -0.401 e. The zero-order valence-electron chi connectivity index (χ0n) is 10.9. The maximum absolute atomic E-state index is 13.2. The van der Waals surface area contributed by atoms with E-state index in [-0.39, 0.29) is 22.7 Å². The summed E-state index contributed by atoms with van der Waals surface area (Å²) in [5.74, 6) is -2.11. The number of rotatable bonds is 3. The molecule has 0 fully saturated rings. The maximum Gasteiger partial charge on any atom is 0.433 e. The number of hydrogen-bond acceptors (Lipinski definition) is 5. The molecule has 2 heterocycles. The molecule has 0 amide bonds. The molecule has 0 spiro atoms. The normalized spacial score (nSPS) is 11.4. The quantitative estimate of drug-likeness (QED) is 0.545. The Morgan fingerprint density at radius 3 is 2.55 bits per heavy atom. The van der Waals surface area contributed by atoms with E-state index in [9.17, 15) is 18.9 Å². The molecule has 0 saturated heterocycles. The zero-order chi connectivity index (χ0) is 15.7. The third-order valence-electron chi connectivity index (χ3n) is 2.81. The summed E-state index contributed by atoms with van der Waals surface area (Å²) < 4.78 is 31.2. The van der Waals surface area contributed by atoms with E-state index >= 15 is 0 Å². The summed E-state index contributed by atoms with van der Waals surface area (Å²) >= 11 is 0. The molecule has 0 saturated carbocycles. The second kappa shape index (κ2) is 5.32. The SMILES string of the molecule is O=[N+]([O-])c1ccc(C=Cc2cnc3cc(F)c(F)cc3n2)o1. The molecule has 0 aliphatic rings. The smallest absolute Gasteiger partial charge is 0.401 e. The molecule has 22 heavy (non-hydrogen) atoms. The number of hydrogen-bond donors (Lipinski definition) is 0. The lowest BCUT2D eigenvalue weighted by molar-refractivity contribution is -0.402. The van der Waals surface area contributed by atoms with Crippen molar-refractivity contribution in [3.63, 3.8) is 0 Å². The molecule has 8 heteroatoms. The van der Waals surface area contributed by atoms with E-state index in [1.165, 1.54) is 30.5 Å². The van der Waals surface area contributed by atoms with Gasteiger partial charge < -0.3 is 4.42 Å². The van der Waals surface area contributed by atoms with Crippen LogP contribution in [0.15, 0.2) is 34.9 Å². The van der Waals surface area contributed by atoms with Crippen molar-refractivity contribution in [2.45, 2.75) is 0 Å². The number of aromatic nitrogens is 2. The van der Waals surface area contributed by atoms with Gasteiger partial charge in [0.05, 0.1) is 29.0 Å². The Hall–Kier alpha value is -3.16. The Morgan fingerprint density at radius 1 is 1.14 bits per heavy atom. The van der Waals surface area contributed by atoms with Crippen LogP contribution in [0.5, 0.6) is 0 Å². The second-order valence-electron chi connectivity index (χ2n) is 4.32. The van der Waals surface area contributed by atoms with Gasteiger partial charge in [0.25, 0.3) is 0 Å². The van der Waals surface area contributed by atoms with Crippen LogP contribution in [0.2, 0.25) is 0 Å². The number of nitrogens with zero attached hydrogens (tertiary/aromatic N) is 3. The highest BCUT2D eigenvalue weighted by Gasteiger charge is 2.10. The highest BCUT2D eigenvalue weighted by molar-refractivity contribution is 5.76. The van der Waals surface area contributed by atoms with Gasteiger partial charge in [-0.15, -0.1) is 0 Å². The van der Waals surface area contributed by atoms with Crippen LogP contribution >= 0.6 is 0 Å². The molecule has 110 valence electrons. The predicted molar refractivity (Wildman–Crippen MR) is 73.7 cm³/mol. The van der Waals surface area contributed by atoms with Crippen molar-refractivity contribution >= 4 is 29.1 Å². The molecule has 0 N–H and O–H groups in total. The van der Waals surface area contributed by atoms with Crippen LogP contribution in [-0.2, 0) is 0 Å². The Balaban J connectivity index is 1.91. The van der Waals surface area contributed by atoms with Crippen molar-refractivity contribution in [2.75, 3.05) is 0 Å². The van der Waals surface area contributed by atoms with E-state index < -0.39 is 16.6 Å². The molecule has 0 aliphatic carbocycles. The predicted octanol–water partition coefficient (Wildman–Crippen LogP) is 3.58. The zero-order valence-corrected chi connectivity index (χ0v) is 10.9. The Labute approximate surface area is 121 Å². The third kappa shape index (κ3) is 2.66. The van der Waals surface area contributed by atoms with Crippen molar-refractivity contribution < 1.29 is 18.1 Å². The first-order valence-corrected chi connectivity index (χ1v) is 6.07. The van der Waals surface area contributed by atoms with Crippen molar-refractivity contribution in [3.05, 3.63) is 63.7 Å². The average Bonchev–Trinajstić information content (AvgIpc) is 2.95. The lowest BCUT2D eigenvalue weighted by Gasteiger charge is -1.99. The molecule has 3 aromatic rings. The molecule has 0 aliphatic heterocycles. The molecule has 0 atom stereocenters. The van der Waals surface area contributed by atoms with Crippen molar-refractivity contribution in [1.29, 1.82) is 0 Å². The standard InChI is InChI=1S/C14H7F2N3O3/c15-10-5-12-13(6-11(10)16)18-8(7-17-12)1-2-9-3-4-14(22-9)19(20)21/h1-7H. The van der Waals surface area contributed by atoms with Crippen LogP contribution in [0.4, 0.5) is 14.7 Å². The molecule has 0 bridgehead atoms. The van der Waals surface area contributed by atoms with Gasteiger partial charge in [0.15, 0.2) is 11.6 Å². The number of halogens is 2. The number of benzene rings is 1. The van der Waals surface area contributed by atoms with E-state index in [0.717, 1.165) is 12.1 Å². The fraction of sp³-hybridized carbons (Fsp3) is 0. The number of fused-ring (bicyclic) bond motifs is 1. The topological polar surface area (TPSA) is 82.1 Å². The lowest BCUT2D eigenvalue weighted by Crippen LogP contribution is -1.91. The fourth-order valence-corrected chi connectivity index (χ4v) is 1.80. The van der Waals surface area contributed by atoms with E-state index in [2.05, 4.69) is 9.97 Å². The van der Waals surface area contributed by atoms with Crippen molar-refractivity contribution in [2.24, 2.45) is 0 Å². The van der Waals surface area contributed by atoms with E-state index in [4.69, 9.17) is 4.42 Å². The first kappa shape index (κ1) is 13.8. The van der Waals surface area contributed by atoms with Crippen LogP contribution in [0.3, 0.4) is 0 Å². The summed E-state index contributed by atoms with van der Waals surface area (Å²) in [7, 11) is 0. The molecule has 1 aromatic carbocycles. The van der Waals surface area contributed by atoms with E-state index in [0.29, 0.717) is 5.69 Å². The lowest BCUT2D eigenvalue weighted by atomic mass is 10.2. The Kier molecular flexibility index (Phi) is 3.34. The van der Waals surface area contributed by atoms with Crippen molar-refractivity contribution in [3.8, 4) is 0 Å². The Bertz CT molecular complexity index is 905. The van der Waals surface area contributed by atoms with Crippen molar-refractivity contribution in [1.82, 2.24) is 9.97 Å². The van der Waals surface area contributed by atoms with Crippen LogP contribution in [-0.4, -0.2) is 14.9 Å². The van der Waals surface area contributed by atoms with Crippen LogP contribution in [0, 0.1) is 21.7 Å². The van der Waals surface area contributed by atoms with E-state index in [1.807, 2.05) is 0 Å². The summed E-state index contributed by atoms with van der Waals surface area (Å²) in [4.78, 5) is 17.9. The van der Waals surface area contributed by atoms with Crippen LogP contribution < -0.4 is 0 Å².